The van der Waals surface area contributed by atoms with E-state index in [0.717, 1.165) is 16.9 Å². The van der Waals surface area contributed by atoms with Crippen LogP contribution in [0.25, 0.3) is 0 Å². The second-order valence-electron chi connectivity index (χ2n) is 5.25. The third-order valence-corrected chi connectivity index (χ3v) is 4.01. The van der Waals surface area contributed by atoms with E-state index in [1.54, 1.807) is 14.2 Å². The van der Waals surface area contributed by atoms with Gasteiger partial charge in [0, 0.05) is 24.5 Å². The Labute approximate surface area is 124 Å². The number of carbonyl (C=O) groups excluding carboxylic acids is 2. The summed E-state index contributed by atoms with van der Waals surface area (Å²) in [6, 6.07) is 3.66. The summed E-state index contributed by atoms with van der Waals surface area (Å²) < 4.78 is 16.1. The third-order valence-electron chi connectivity index (χ3n) is 4.01. The molecule has 0 bridgehead atoms. The predicted molar refractivity (Wildman–Crippen MR) is 76.7 cm³/mol. The van der Waals surface area contributed by atoms with Crippen LogP contribution in [0.5, 0.6) is 11.5 Å². The van der Waals surface area contributed by atoms with Crippen molar-refractivity contribution in [1.29, 1.82) is 0 Å². The highest BCUT2D eigenvalue weighted by molar-refractivity contribution is 5.88. The van der Waals surface area contributed by atoms with E-state index in [0.29, 0.717) is 25.0 Å². The van der Waals surface area contributed by atoms with Crippen molar-refractivity contribution in [1.82, 2.24) is 0 Å². The van der Waals surface area contributed by atoms with Crippen molar-refractivity contribution in [3.8, 4) is 11.5 Å². The van der Waals surface area contributed by atoms with Crippen molar-refractivity contribution in [2.45, 2.75) is 38.7 Å². The van der Waals surface area contributed by atoms with Crippen LogP contribution in [-0.2, 0) is 27.2 Å². The minimum absolute atomic E-state index is 0.145. The van der Waals surface area contributed by atoms with Crippen LogP contribution < -0.4 is 9.47 Å². The maximum Gasteiger partial charge on any atom is 0.303 e. The van der Waals surface area contributed by atoms with Gasteiger partial charge in [0.2, 0.25) is 0 Å². The fraction of sp³-hybridized carbons (Fsp3) is 0.500. The van der Waals surface area contributed by atoms with Crippen LogP contribution in [0.1, 0.15) is 31.4 Å². The average Bonchev–Trinajstić information content (AvgIpc) is 2.45. The Hall–Kier alpha value is -2.04. The maximum atomic E-state index is 12.1. The molecule has 0 unspecified atom stereocenters. The molecule has 0 aliphatic heterocycles. The molecule has 1 atom stereocenters. The molecule has 114 valence electrons. The van der Waals surface area contributed by atoms with Gasteiger partial charge in [-0.2, -0.15) is 0 Å². The Morgan fingerprint density at radius 1 is 1.05 bits per heavy atom. The molecule has 0 fully saturated rings. The average molecular weight is 292 g/mol. The summed E-state index contributed by atoms with van der Waals surface area (Å²) in [5, 5.41) is 0. The summed E-state index contributed by atoms with van der Waals surface area (Å²) in [6.45, 7) is 2.78. The molecule has 0 spiro atoms. The smallest absolute Gasteiger partial charge is 0.303 e. The topological polar surface area (TPSA) is 61.8 Å². The summed E-state index contributed by atoms with van der Waals surface area (Å²) in [6.07, 6.45) is 1.37. The highest BCUT2D eigenvalue weighted by Crippen LogP contribution is 2.41. The zero-order chi connectivity index (χ0) is 15.6. The fourth-order valence-electron chi connectivity index (χ4n) is 2.94. The standard InChI is InChI=1S/C16H20O5/c1-10(17)16(21-11(2)18)8-7-12-13(9-16)15(20-4)6-5-14(12)19-3/h5-6H,7-9H2,1-4H3/t16-/m0/s1. The Kier molecular flexibility index (Phi) is 4.21. The molecule has 0 saturated carbocycles. The molecule has 0 heterocycles. The van der Waals surface area contributed by atoms with Gasteiger partial charge in [-0.15, -0.1) is 0 Å². The van der Waals surface area contributed by atoms with Crippen LogP contribution in [0.3, 0.4) is 0 Å². The number of fused-ring (bicyclic) bond motifs is 1. The van der Waals surface area contributed by atoms with Crippen LogP contribution in [0.2, 0.25) is 0 Å². The number of Topliss-reactive ketones (excluding diaryl/α,β-unsaturated/α-hetero) is 1. The zero-order valence-electron chi connectivity index (χ0n) is 12.8. The molecule has 1 aromatic rings. The molecular weight excluding hydrogens is 272 g/mol. The Balaban J connectivity index is 2.50. The van der Waals surface area contributed by atoms with E-state index in [1.807, 2.05) is 12.1 Å². The van der Waals surface area contributed by atoms with Gasteiger partial charge in [-0.1, -0.05) is 0 Å². The third kappa shape index (κ3) is 2.73. The zero-order valence-corrected chi connectivity index (χ0v) is 12.8. The van der Waals surface area contributed by atoms with E-state index < -0.39 is 11.6 Å². The summed E-state index contributed by atoms with van der Waals surface area (Å²) in [4.78, 5) is 23.5. The Morgan fingerprint density at radius 2 is 1.62 bits per heavy atom. The first-order valence-corrected chi connectivity index (χ1v) is 6.87. The quantitative estimate of drug-likeness (QED) is 0.795. The minimum atomic E-state index is -1.10. The fourth-order valence-corrected chi connectivity index (χ4v) is 2.94. The van der Waals surface area contributed by atoms with E-state index in [9.17, 15) is 9.59 Å². The molecule has 5 nitrogen and oxygen atoms in total. The normalized spacial score (nSPS) is 20.4. The number of benzene rings is 1. The molecule has 2 rings (SSSR count). The SMILES string of the molecule is COc1ccc(OC)c2c1CC[C@@](OC(C)=O)(C(C)=O)C2. The molecule has 1 aliphatic carbocycles. The minimum Gasteiger partial charge on any atom is -0.496 e. The first kappa shape index (κ1) is 15.4. The number of methoxy groups -OCH3 is 2. The molecule has 1 aliphatic rings. The Morgan fingerprint density at radius 3 is 2.10 bits per heavy atom. The highest BCUT2D eigenvalue weighted by Gasteiger charge is 2.43. The number of ketones is 1. The van der Waals surface area contributed by atoms with Gasteiger partial charge in [-0.3, -0.25) is 9.59 Å². The molecular formula is C16H20O5. The number of rotatable bonds is 4. The van der Waals surface area contributed by atoms with Crippen molar-refractivity contribution >= 4 is 11.8 Å². The van der Waals surface area contributed by atoms with E-state index >= 15 is 0 Å². The van der Waals surface area contributed by atoms with Gasteiger partial charge in [0.1, 0.15) is 11.5 Å². The summed E-state index contributed by atoms with van der Waals surface area (Å²) >= 11 is 0. The van der Waals surface area contributed by atoms with Crippen LogP contribution in [0.15, 0.2) is 12.1 Å². The summed E-state index contributed by atoms with van der Waals surface area (Å²) in [5.74, 6) is 0.859. The predicted octanol–water partition coefficient (Wildman–Crippen LogP) is 2.08. The van der Waals surface area contributed by atoms with Gasteiger partial charge in [-0.05, 0) is 31.9 Å². The molecule has 21 heavy (non-hydrogen) atoms. The first-order valence-electron chi connectivity index (χ1n) is 6.87. The van der Waals surface area contributed by atoms with Crippen molar-refractivity contribution in [2.24, 2.45) is 0 Å². The molecule has 0 radical (unpaired) electrons. The molecule has 0 aromatic heterocycles. The second kappa shape index (κ2) is 5.76. The van der Waals surface area contributed by atoms with Crippen molar-refractivity contribution < 1.29 is 23.8 Å². The number of hydrogen-bond acceptors (Lipinski definition) is 5. The lowest BCUT2D eigenvalue weighted by atomic mass is 9.77. The lowest BCUT2D eigenvalue weighted by Gasteiger charge is -2.36. The number of carbonyl (C=O) groups is 2. The molecule has 0 N–H and O–H groups in total. The van der Waals surface area contributed by atoms with Crippen molar-refractivity contribution in [3.05, 3.63) is 23.3 Å². The molecule has 5 heteroatoms. The number of ether oxygens (including phenoxy) is 3. The lowest BCUT2D eigenvalue weighted by molar-refractivity contribution is -0.166. The van der Waals surface area contributed by atoms with Crippen LogP contribution >= 0.6 is 0 Å². The van der Waals surface area contributed by atoms with Gasteiger partial charge in [-0.25, -0.2) is 0 Å². The molecule has 0 saturated heterocycles. The van der Waals surface area contributed by atoms with Crippen LogP contribution in [0, 0.1) is 0 Å². The van der Waals surface area contributed by atoms with Gasteiger partial charge < -0.3 is 14.2 Å². The Bertz CT molecular complexity index is 578. The van der Waals surface area contributed by atoms with Gasteiger partial charge in [0.05, 0.1) is 14.2 Å². The monoisotopic (exact) mass is 292 g/mol. The van der Waals surface area contributed by atoms with E-state index in [-0.39, 0.29) is 5.78 Å². The second-order valence-corrected chi connectivity index (χ2v) is 5.25. The van der Waals surface area contributed by atoms with Crippen LogP contribution in [-0.4, -0.2) is 31.6 Å². The van der Waals surface area contributed by atoms with E-state index in [1.165, 1.54) is 13.8 Å². The summed E-state index contributed by atoms with van der Waals surface area (Å²) in [5.41, 5.74) is 0.791. The largest absolute Gasteiger partial charge is 0.496 e. The van der Waals surface area contributed by atoms with Gasteiger partial charge in [0.25, 0.3) is 0 Å². The number of esters is 1. The highest BCUT2D eigenvalue weighted by atomic mass is 16.6. The maximum absolute atomic E-state index is 12.1. The van der Waals surface area contributed by atoms with Crippen molar-refractivity contribution in [2.75, 3.05) is 14.2 Å². The van der Waals surface area contributed by atoms with Gasteiger partial charge in [0.15, 0.2) is 11.4 Å². The first-order chi connectivity index (χ1) is 9.93. The van der Waals surface area contributed by atoms with Crippen molar-refractivity contribution in [3.63, 3.8) is 0 Å². The molecule has 0 amide bonds. The summed E-state index contributed by atoms with van der Waals surface area (Å²) in [7, 11) is 3.19. The molecule has 1 aromatic carbocycles. The number of hydrogen-bond donors (Lipinski definition) is 0. The van der Waals surface area contributed by atoms with Crippen LogP contribution in [0.4, 0.5) is 0 Å². The van der Waals surface area contributed by atoms with E-state index in [2.05, 4.69) is 0 Å². The van der Waals surface area contributed by atoms with E-state index in [4.69, 9.17) is 14.2 Å². The van der Waals surface area contributed by atoms with Gasteiger partial charge >= 0.3 is 5.97 Å². The lowest BCUT2D eigenvalue weighted by Crippen LogP contribution is -2.46.